The highest BCUT2D eigenvalue weighted by Gasteiger charge is 1.98. The minimum Gasteiger partial charge on any atom is -0.228 e. The number of aliphatic imine (C=N–C) groups is 2. The van der Waals surface area contributed by atoms with E-state index in [1.807, 2.05) is 12.1 Å². The maximum absolute atomic E-state index is 4.56. The second kappa shape index (κ2) is 6.29. The Morgan fingerprint density at radius 1 is 0.778 bits per heavy atom. The van der Waals surface area contributed by atoms with Crippen molar-refractivity contribution in [2.45, 2.75) is 13.1 Å². The molecule has 0 unspecified atom stereocenters. The second-order valence-corrected chi connectivity index (χ2v) is 4.20. The van der Waals surface area contributed by atoms with E-state index in [2.05, 4.69) is 69.0 Å². The summed E-state index contributed by atoms with van der Waals surface area (Å²) in [6.07, 6.45) is 0. The third-order valence-electron chi connectivity index (χ3n) is 2.62. The maximum Gasteiger partial charge on any atom is 0.0743 e. The number of thiocarbonyl (C=S) groups is 2. The lowest BCUT2D eigenvalue weighted by molar-refractivity contribution is 1.08. The number of hydrogen-bond acceptors (Lipinski definition) is 4. The molecule has 0 saturated heterocycles. The number of fused-ring (bicyclic) bond motifs is 1. The molecule has 2 nitrogen and oxygen atoms in total. The van der Waals surface area contributed by atoms with E-state index < -0.39 is 0 Å². The molecule has 0 amide bonds. The van der Waals surface area contributed by atoms with E-state index in [-0.39, 0.29) is 0 Å². The van der Waals surface area contributed by atoms with E-state index in [9.17, 15) is 0 Å². The Bertz CT molecular complexity index is 607. The van der Waals surface area contributed by atoms with Gasteiger partial charge in [-0.2, -0.15) is 0 Å². The van der Waals surface area contributed by atoms with Crippen LogP contribution < -0.4 is 0 Å². The van der Waals surface area contributed by atoms with Crippen molar-refractivity contribution in [3.8, 4) is 0 Å². The quantitative estimate of drug-likeness (QED) is 0.618. The predicted octanol–water partition coefficient (Wildman–Crippen LogP) is 4.05. The number of nitrogens with zero attached hydrogens (tertiary/aromatic N) is 2. The van der Waals surface area contributed by atoms with Crippen molar-refractivity contribution < 1.29 is 0 Å². The van der Waals surface area contributed by atoms with Gasteiger partial charge in [0.05, 0.1) is 23.4 Å². The molecule has 0 aliphatic carbocycles. The first kappa shape index (κ1) is 12.7. The van der Waals surface area contributed by atoms with Crippen LogP contribution in [-0.4, -0.2) is 10.3 Å². The Labute approximate surface area is 116 Å². The third-order valence-corrected chi connectivity index (χ3v) is 2.88. The Hall–Kier alpha value is -1.70. The molecule has 0 N–H and O–H groups in total. The van der Waals surface area contributed by atoms with Gasteiger partial charge in [0.15, 0.2) is 0 Å². The second-order valence-electron chi connectivity index (χ2n) is 3.83. The van der Waals surface area contributed by atoms with Gasteiger partial charge in [-0.1, -0.05) is 24.3 Å². The van der Waals surface area contributed by atoms with E-state index in [1.54, 1.807) is 0 Å². The zero-order chi connectivity index (χ0) is 12.8. The zero-order valence-corrected chi connectivity index (χ0v) is 11.2. The molecule has 0 aliphatic rings. The highest BCUT2D eigenvalue weighted by molar-refractivity contribution is 7.78. The first-order valence-electron chi connectivity index (χ1n) is 5.42. The average Bonchev–Trinajstić information content (AvgIpc) is 2.42. The summed E-state index contributed by atoms with van der Waals surface area (Å²) in [5.41, 5.74) is 2.26. The smallest absolute Gasteiger partial charge is 0.0743 e. The largest absolute Gasteiger partial charge is 0.228 e. The highest BCUT2D eigenvalue weighted by Crippen LogP contribution is 2.19. The molecule has 0 heterocycles. The molecule has 2 aromatic rings. The van der Waals surface area contributed by atoms with Gasteiger partial charge in [-0.3, -0.25) is 0 Å². The van der Waals surface area contributed by atoms with Gasteiger partial charge in [-0.25, -0.2) is 9.98 Å². The molecule has 2 aromatic carbocycles. The van der Waals surface area contributed by atoms with Crippen molar-refractivity contribution in [2.75, 3.05) is 0 Å². The van der Waals surface area contributed by atoms with Crippen LogP contribution in [0.3, 0.4) is 0 Å². The van der Waals surface area contributed by atoms with Crippen LogP contribution in [0, 0.1) is 0 Å². The molecule has 0 bridgehead atoms. The predicted molar refractivity (Wildman–Crippen MR) is 81.4 cm³/mol. The van der Waals surface area contributed by atoms with Gasteiger partial charge in [0, 0.05) is 0 Å². The van der Waals surface area contributed by atoms with E-state index >= 15 is 0 Å². The monoisotopic (exact) mass is 270 g/mol. The molecule has 0 spiro atoms. The van der Waals surface area contributed by atoms with Crippen LogP contribution in [0.25, 0.3) is 10.8 Å². The zero-order valence-electron chi connectivity index (χ0n) is 9.59. The van der Waals surface area contributed by atoms with Gasteiger partial charge in [-0.05, 0) is 58.5 Å². The van der Waals surface area contributed by atoms with Crippen LogP contribution in [0.15, 0.2) is 46.4 Å². The first-order valence-corrected chi connectivity index (χ1v) is 6.24. The summed E-state index contributed by atoms with van der Waals surface area (Å²) in [5, 5.41) is 7.12. The molecule has 4 heteroatoms. The van der Waals surface area contributed by atoms with Gasteiger partial charge < -0.3 is 0 Å². The Morgan fingerprint density at radius 2 is 1.22 bits per heavy atom. The van der Waals surface area contributed by atoms with Crippen molar-refractivity contribution in [3.63, 3.8) is 0 Å². The average molecular weight is 270 g/mol. The molecule has 0 aromatic heterocycles. The number of rotatable bonds is 4. The summed E-state index contributed by atoms with van der Waals surface area (Å²) < 4.78 is 0. The van der Waals surface area contributed by atoms with Gasteiger partial charge in [0.1, 0.15) is 0 Å². The molecular formula is C14H10N2S2. The Kier molecular flexibility index (Phi) is 4.46. The fraction of sp³-hybridized carbons (Fsp3) is 0.143. The van der Waals surface area contributed by atoms with Gasteiger partial charge >= 0.3 is 0 Å². The van der Waals surface area contributed by atoms with Crippen LogP contribution in [0.5, 0.6) is 0 Å². The topological polar surface area (TPSA) is 24.7 Å². The summed E-state index contributed by atoms with van der Waals surface area (Å²) in [6.45, 7) is 1.16. The lowest BCUT2D eigenvalue weighted by atomic mass is 10.0. The summed E-state index contributed by atoms with van der Waals surface area (Å²) in [7, 11) is 0. The molecule has 0 aliphatic heterocycles. The molecule has 88 valence electrons. The standard InChI is InChI=1S/C14H10N2S2/c17-9-15-7-11-1-3-13-6-12(8-16-10-18)2-4-14(13)5-11/h1-6H,7-8H2. The third kappa shape index (κ3) is 3.16. The summed E-state index contributed by atoms with van der Waals surface area (Å²) >= 11 is 9.13. The fourth-order valence-corrected chi connectivity index (χ4v) is 1.92. The summed E-state index contributed by atoms with van der Waals surface area (Å²) in [4.78, 5) is 7.87. The Morgan fingerprint density at radius 3 is 1.61 bits per heavy atom. The Balaban J connectivity index is 2.35. The summed E-state index contributed by atoms with van der Waals surface area (Å²) in [5.74, 6) is 0. The number of hydrogen-bond donors (Lipinski definition) is 0. The fourth-order valence-electron chi connectivity index (χ4n) is 1.79. The van der Waals surface area contributed by atoms with Gasteiger partial charge in [0.2, 0.25) is 0 Å². The van der Waals surface area contributed by atoms with Crippen molar-refractivity contribution in [2.24, 2.45) is 9.98 Å². The van der Waals surface area contributed by atoms with Crippen LogP contribution in [-0.2, 0) is 13.1 Å². The summed E-state index contributed by atoms with van der Waals surface area (Å²) in [6, 6.07) is 12.5. The molecule has 0 saturated carbocycles. The van der Waals surface area contributed by atoms with Crippen molar-refractivity contribution >= 4 is 45.5 Å². The van der Waals surface area contributed by atoms with Crippen LogP contribution in [0.2, 0.25) is 0 Å². The van der Waals surface area contributed by atoms with Crippen LogP contribution >= 0.6 is 24.4 Å². The van der Waals surface area contributed by atoms with Gasteiger partial charge in [0.25, 0.3) is 0 Å². The van der Waals surface area contributed by atoms with E-state index in [1.165, 1.54) is 10.8 Å². The van der Waals surface area contributed by atoms with E-state index in [0.717, 1.165) is 11.1 Å². The molecule has 18 heavy (non-hydrogen) atoms. The van der Waals surface area contributed by atoms with Crippen LogP contribution in [0.4, 0.5) is 0 Å². The molecule has 0 atom stereocenters. The van der Waals surface area contributed by atoms with Crippen molar-refractivity contribution in [1.29, 1.82) is 0 Å². The number of benzene rings is 2. The van der Waals surface area contributed by atoms with Crippen molar-refractivity contribution in [1.82, 2.24) is 0 Å². The first-order chi connectivity index (χ1) is 8.83. The van der Waals surface area contributed by atoms with E-state index in [0.29, 0.717) is 13.1 Å². The maximum atomic E-state index is 4.56. The normalized spacial score (nSPS) is 9.56. The van der Waals surface area contributed by atoms with E-state index in [4.69, 9.17) is 0 Å². The molecule has 2 rings (SSSR count). The molecule has 0 fully saturated rings. The SMILES string of the molecule is S=C=NCc1ccc2cc(CN=C=S)ccc2c1. The molecular weight excluding hydrogens is 260 g/mol. The minimum absolute atomic E-state index is 0.580. The molecule has 0 radical (unpaired) electrons. The lowest BCUT2D eigenvalue weighted by Crippen LogP contribution is -1.84. The number of isothiocyanates is 2. The van der Waals surface area contributed by atoms with Gasteiger partial charge in [-0.15, -0.1) is 0 Å². The minimum atomic E-state index is 0.580. The van der Waals surface area contributed by atoms with Crippen LogP contribution in [0.1, 0.15) is 11.1 Å². The highest BCUT2D eigenvalue weighted by atomic mass is 32.1. The lowest BCUT2D eigenvalue weighted by Gasteiger charge is -2.03. The van der Waals surface area contributed by atoms with Crippen molar-refractivity contribution in [3.05, 3.63) is 47.5 Å².